The van der Waals surface area contributed by atoms with Crippen LogP contribution in [-0.4, -0.2) is 19.5 Å². The summed E-state index contributed by atoms with van der Waals surface area (Å²) >= 11 is 6.21. The highest BCUT2D eigenvalue weighted by Crippen LogP contribution is 2.31. The van der Waals surface area contributed by atoms with Gasteiger partial charge in [0.05, 0.1) is 19.3 Å². The first-order chi connectivity index (χ1) is 15.3. The van der Waals surface area contributed by atoms with Gasteiger partial charge in [0.2, 0.25) is 11.2 Å². The van der Waals surface area contributed by atoms with Gasteiger partial charge >= 0.3 is 0 Å². The molecule has 5 rings (SSSR count). The fraction of sp³-hybridized carbons (Fsp3) is 0. The Balaban J connectivity index is 1.99. The third-order valence-electron chi connectivity index (χ3n) is 3.96. The average molecular weight is 363 g/mol. The lowest BCUT2D eigenvalue weighted by Gasteiger charge is -2.08. The number of para-hydroxylation sites is 2. The monoisotopic (exact) mass is 362 g/mol. The number of halogens is 1. The highest BCUT2D eigenvalue weighted by atomic mass is 35.5. The van der Waals surface area contributed by atoms with E-state index in [0.717, 1.165) is 0 Å². The van der Waals surface area contributed by atoms with Crippen molar-refractivity contribution in [1.29, 1.82) is 0 Å². The van der Waals surface area contributed by atoms with E-state index in [1.54, 1.807) is 12.1 Å². The number of benzene rings is 3. The standard InChI is InChI=1S/C21H13ClN4/c22-20-23-19(14-8-2-1-3-9-14)24-21(25-20)26-17-12-6-4-10-15(17)16-11-5-7-13-18(16)26/h1-13H/i4D,5D,10D,11D,12D,13D. The summed E-state index contributed by atoms with van der Waals surface area (Å²) in [6.07, 6.45) is 0. The van der Waals surface area contributed by atoms with Gasteiger partial charge in [-0.1, -0.05) is 66.6 Å². The van der Waals surface area contributed by atoms with E-state index in [4.69, 9.17) is 19.8 Å². The summed E-state index contributed by atoms with van der Waals surface area (Å²) in [6.45, 7) is 0. The molecule has 0 fully saturated rings. The van der Waals surface area contributed by atoms with Gasteiger partial charge in [-0.3, -0.25) is 4.57 Å². The Kier molecular flexibility index (Phi) is 2.29. The Hall–Kier alpha value is -3.24. The molecule has 0 bridgehead atoms. The maximum atomic E-state index is 8.49. The normalized spacial score (nSPS) is 14.5. The molecule has 26 heavy (non-hydrogen) atoms. The van der Waals surface area contributed by atoms with Gasteiger partial charge in [0.1, 0.15) is 0 Å². The van der Waals surface area contributed by atoms with Gasteiger partial charge in [-0.05, 0) is 23.7 Å². The molecule has 4 nitrogen and oxygen atoms in total. The van der Waals surface area contributed by atoms with Crippen molar-refractivity contribution in [2.45, 2.75) is 0 Å². The van der Waals surface area contributed by atoms with Crippen molar-refractivity contribution in [2.24, 2.45) is 0 Å². The van der Waals surface area contributed by atoms with E-state index in [1.807, 2.05) is 18.2 Å². The fourth-order valence-corrected chi connectivity index (χ4v) is 3.03. The Bertz CT molecular complexity index is 1480. The Morgan fingerprint density at radius 3 is 2.08 bits per heavy atom. The summed E-state index contributed by atoms with van der Waals surface area (Å²) in [5, 5.41) is 0.152. The van der Waals surface area contributed by atoms with Crippen LogP contribution in [0.1, 0.15) is 8.22 Å². The van der Waals surface area contributed by atoms with E-state index in [0.29, 0.717) is 5.56 Å². The Morgan fingerprint density at radius 1 is 0.769 bits per heavy atom. The van der Waals surface area contributed by atoms with E-state index >= 15 is 0 Å². The molecule has 0 aliphatic carbocycles. The molecule has 0 amide bonds. The van der Waals surface area contributed by atoms with Crippen molar-refractivity contribution in [3.63, 3.8) is 0 Å². The molecule has 0 aliphatic rings. The van der Waals surface area contributed by atoms with Crippen LogP contribution < -0.4 is 0 Å². The van der Waals surface area contributed by atoms with Gasteiger partial charge in [-0.15, -0.1) is 0 Å². The highest BCUT2D eigenvalue weighted by Gasteiger charge is 2.15. The van der Waals surface area contributed by atoms with Gasteiger partial charge in [-0.2, -0.15) is 15.0 Å². The molecule has 0 unspecified atom stereocenters. The van der Waals surface area contributed by atoms with Gasteiger partial charge in [0.25, 0.3) is 0 Å². The molecule has 0 radical (unpaired) electrons. The van der Waals surface area contributed by atoms with Crippen LogP contribution >= 0.6 is 11.6 Å². The van der Waals surface area contributed by atoms with Gasteiger partial charge < -0.3 is 0 Å². The minimum atomic E-state index is -0.207. The van der Waals surface area contributed by atoms with Crippen molar-refractivity contribution < 1.29 is 8.22 Å². The van der Waals surface area contributed by atoms with Crippen molar-refractivity contribution in [3.05, 3.63) is 84.0 Å². The zero-order chi connectivity index (χ0) is 22.7. The van der Waals surface area contributed by atoms with Crippen LogP contribution in [0.25, 0.3) is 39.1 Å². The molecule has 5 aromatic rings. The van der Waals surface area contributed by atoms with Crippen LogP contribution in [0.5, 0.6) is 0 Å². The molecule has 0 saturated carbocycles. The summed E-state index contributed by atoms with van der Waals surface area (Å²) < 4.78 is 51.3. The lowest BCUT2D eigenvalue weighted by molar-refractivity contribution is 0.947. The number of rotatable bonds is 2. The van der Waals surface area contributed by atoms with Crippen molar-refractivity contribution >= 4 is 33.4 Å². The number of hydrogen-bond acceptors (Lipinski definition) is 3. The third-order valence-corrected chi connectivity index (χ3v) is 4.12. The third kappa shape index (κ3) is 2.35. The first-order valence-corrected chi connectivity index (χ1v) is 8.14. The maximum Gasteiger partial charge on any atom is 0.239 e. The molecule has 0 spiro atoms. The minimum Gasteiger partial charge on any atom is -0.278 e. The lowest BCUT2D eigenvalue weighted by atomic mass is 10.2. The molecule has 5 heteroatoms. The molecule has 0 aliphatic heterocycles. The van der Waals surface area contributed by atoms with Crippen LogP contribution in [0, 0.1) is 0 Å². The second-order valence-electron chi connectivity index (χ2n) is 5.49. The molecule has 124 valence electrons. The molecule has 3 aromatic carbocycles. The molecular formula is C21H13ClN4. The van der Waals surface area contributed by atoms with Crippen molar-refractivity contribution in [3.8, 4) is 17.3 Å². The molecule has 0 N–H and O–H groups in total. The van der Waals surface area contributed by atoms with Crippen molar-refractivity contribution in [2.75, 3.05) is 0 Å². The predicted molar refractivity (Wildman–Crippen MR) is 105 cm³/mol. The lowest BCUT2D eigenvalue weighted by Crippen LogP contribution is -2.04. The number of fused-ring (bicyclic) bond motifs is 3. The summed E-state index contributed by atoms with van der Waals surface area (Å²) in [6, 6.07) is 10.5. The van der Waals surface area contributed by atoms with E-state index in [9.17, 15) is 0 Å². The average Bonchev–Trinajstić information content (AvgIpc) is 3.14. The largest absolute Gasteiger partial charge is 0.278 e. The van der Waals surface area contributed by atoms with Gasteiger partial charge in [-0.25, -0.2) is 0 Å². The molecule has 2 aromatic heterocycles. The van der Waals surface area contributed by atoms with Gasteiger partial charge in [0.15, 0.2) is 5.82 Å². The zero-order valence-electron chi connectivity index (χ0n) is 19.2. The zero-order valence-corrected chi connectivity index (χ0v) is 14.0. The predicted octanol–water partition coefficient (Wildman–Crippen LogP) is 5.29. The Morgan fingerprint density at radius 2 is 1.42 bits per heavy atom. The molecule has 2 heterocycles. The number of hydrogen-bond donors (Lipinski definition) is 0. The Labute approximate surface area is 163 Å². The second kappa shape index (κ2) is 5.93. The maximum absolute atomic E-state index is 8.49. The smallest absolute Gasteiger partial charge is 0.239 e. The SMILES string of the molecule is [2H]c1cc([2H])c2c(c1[2H])c1c([2H])c([2H])cc([2H])c1n2-c1nc(Cl)nc(-c2ccccc2)n1. The topological polar surface area (TPSA) is 43.6 Å². The van der Waals surface area contributed by atoms with E-state index < -0.39 is 0 Å². The van der Waals surface area contributed by atoms with E-state index in [1.165, 1.54) is 16.7 Å². The molecular weight excluding hydrogens is 344 g/mol. The highest BCUT2D eigenvalue weighted by molar-refractivity contribution is 6.28. The van der Waals surface area contributed by atoms with Gasteiger partial charge in [0, 0.05) is 16.3 Å². The fourth-order valence-electron chi connectivity index (χ4n) is 2.87. The number of nitrogens with zero attached hydrogens (tertiary/aromatic N) is 4. The van der Waals surface area contributed by atoms with Crippen LogP contribution in [0.2, 0.25) is 5.28 Å². The quantitative estimate of drug-likeness (QED) is 0.428. The van der Waals surface area contributed by atoms with Crippen LogP contribution in [0.3, 0.4) is 0 Å². The summed E-state index contributed by atoms with van der Waals surface area (Å²) in [5.74, 6) is 0.292. The first-order valence-electron chi connectivity index (χ1n) is 10.8. The molecule has 0 saturated heterocycles. The van der Waals surface area contributed by atoms with E-state index in [-0.39, 0.29) is 75.1 Å². The van der Waals surface area contributed by atoms with Crippen LogP contribution in [0.4, 0.5) is 0 Å². The number of aromatic nitrogens is 4. The van der Waals surface area contributed by atoms with Crippen LogP contribution in [0.15, 0.2) is 78.7 Å². The first kappa shape index (κ1) is 10.0. The minimum absolute atomic E-state index is 0.0140. The molecule has 0 atom stereocenters. The van der Waals surface area contributed by atoms with Crippen LogP contribution in [-0.2, 0) is 0 Å². The van der Waals surface area contributed by atoms with E-state index in [2.05, 4.69) is 15.0 Å². The summed E-state index contributed by atoms with van der Waals surface area (Å²) in [4.78, 5) is 12.9. The summed E-state index contributed by atoms with van der Waals surface area (Å²) in [7, 11) is 0. The second-order valence-corrected chi connectivity index (χ2v) is 5.83. The van der Waals surface area contributed by atoms with Crippen molar-refractivity contribution in [1.82, 2.24) is 19.5 Å². The summed E-state index contributed by atoms with van der Waals surface area (Å²) in [5.41, 5.74) is 1.00.